The Morgan fingerprint density at radius 3 is 1.09 bits per heavy atom. The second kappa shape index (κ2) is 29.8. The highest BCUT2D eigenvalue weighted by Crippen LogP contribution is 2.57. The van der Waals surface area contributed by atoms with Gasteiger partial charge in [0.05, 0.1) is 39.3 Å². The van der Waals surface area contributed by atoms with Crippen molar-refractivity contribution in [3.8, 4) is 78.3 Å². The molecule has 0 spiro atoms. The van der Waals surface area contributed by atoms with E-state index in [-0.39, 0.29) is 85.4 Å². The molecule has 4 aliphatic carbocycles. The van der Waals surface area contributed by atoms with Crippen LogP contribution < -0.4 is 16.4 Å². The number of fused-ring (bicyclic) bond motifs is 12. The number of carboxylic acids is 1. The number of aromatic carboxylic acids is 1. The molecule has 120 heavy (non-hydrogen) atoms. The number of alkyl halides is 8. The fraction of sp³-hybridized carbons (Fsp3) is 0.356. The van der Waals surface area contributed by atoms with Crippen molar-refractivity contribution in [3.63, 3.8) is 0 Å². The van der Waals surface area contributed by atoms with E-state index in [2.05, 4.69) is 87.4 Å². The van der Waals surface area contributed by atoms with Crippen LogP contribution in [0.25, 0.3) is 78.3 Å². The molecule has 8 aromatic carbocycles. The van der Waals surface area contributed by atoms with E-state index in [1.54, 1.807) is 96.7 Å². The minimum atomic E-state index is -3.26. The van der Waals surface area contributed by atoms with Gasteiger partial charge in [-0.3, -0.25) is 9.48 Å². The Morgan fingerprint density at radius 2 is 0.767 bits per heavy atom. The van der Waals surface area contributed by atoms with Crippen molar-refractivity contribution in [2.24, 2.45) is 7.05 Å². The zero-order valence-corrected chi connectivity index (χ0v) is 73.4. The van der Waals surface area contributed by atoms with Gasteiger partial charge in [-0.15, -0.1) is 15.3 Å². The number of aryl methyl sites for hydroxylation is 1. The molecule has 0 bridgehead atoms. The summed E-state index contributed by atoms with van der Waals surface area (Å²) in [5.41, 5.74) is 4.45. The molecule has 0 saturated carbocycles. The van der Waals surface area contributed by atoms with Crippen molar-refractivity contribution in [1.29, 1.82) is 0 Å². The van der Waals surface area contributed by atoms with Crippen molar-refractivity contribution < 1.29 is 82.5 Å². The molecule has 3 fully saturated rings. The molecule has 3 aliphatic heterocycles. The second-order valence-electron chi connectivity index (χ2n) is 35.3. The van der Waals surface area contributed by atoms with E-state index in [9.17, 15) is 23.5 Å². The summed E-state index contributed by atoms with van der Waals surface area (Å²) >= 11 is 6.47. The average Bonchev–Trinajstić information content (AvgIpc) is 1.58. The van der Waals surface area contributed by atoms with Crippen LogP contribution in [0.1, 0.15) is 161 Å². The quantitative estimate of drug-likeness (QED) is 0.0474. The van der Waals surface area contributed by atoms with Crippen LogP contribution in [-0.4, -0.2) is 132 Å². The molecule has 11 aromatic rings. The van der Waals surface area contributed by atoms with Gasteiger partial charge in [0.15, 0.2) is 23.9 Å². The van der Waals surface area contributed by atoms with Gasteiger partial charge >= 0.3 is 27.3 Å². The number of rotatable bonds is 13. The van der Waals surface area contributed by atoms with Gasteiger partial charge in [0, 0.05) is 98.8 Å². The van der Waals surface area contributed by atoms with Crippen LogP contribution in [-0.2, 0) is 70.1 Å². The summed E-state index contributed by atoms with van der Waals surface area (Å²) in [4.78, 5) is 25.0. The lowest BCUT2D eigenvalue weighted by Crippen LogP contribution is -2.41. The Labute approximate surface area is 707 Å². The number of H-pyrrole nitrogens is 1. The summed E-state index contributed by atoms with van der Waals surface area (Å²) < 4.78 is 168. The maximum absolute atomic E-state index is 16.0. The van der Waals surface area contributed by atoms with Crippen molar-refractivity contribution in [2.75, 3.05) is 6.61 Å². The molecule has 0 unspecified atom stereocenters. The number of aromatic amines is 1. The van der Waals surface area contributed by atoms with E-state index in [4.69, 9.17) is 32.7 Å². The molecular formula is C87H86B3Br2F8N9O10Si. The van der Waals surface area contributed by atoms with Crippen LogP contribution in [0.5, 0.6) is 0 Å². The van der Waals surface area contributed by atoms with Crippen LogP contribution in [0.3, 0.4) is 0 Å². The molecule has 18 rings (SSSR count). The highest BCUT2D eigenvalue weighted by atomic mass is 79.9. The lowest BCUT2D eigenvalue weighted by Gasteiger charge is -2.32. The number of carbonyl (C=O) groups is 2. The monoisotopic (exact) mass is 1790 g/mol. The molecule has 0 radical (unpaired) electrons. The number of hydrogen-bond acceptors (Lipinski definition) is 15. The Morgan fingerprint density at radius 1 is 0.450 bits per heavy atom. The van der Waals surface area contributed by atoms with Crippen molar-refractivity contribution in [2.45, 2.75) is 187 Å². The summed E-state index contributed by atoms with van der Waals surface area (Å²) in [7, 11) is -1.66. The summed E-state index contributed by atoms with van der Waals surface area (Å²) in [5.74, 6) is -14.2. The Bertz CT molecular complexity index is 5820. The average molecular weight is 1790 g/mol. The molecule has 0 atom stereocenters. The topological polar surface area (TPSA) is 222 Å². The number of Topliss-reactive ketones (excluding diaryl/α,β-unsaturated/α-hetero) is 1. The first-order valence-electron chi connectivity index (χ1n) is 39.0. The first-order valence-corrected chi connectivity index (χ1v) is 44.3. The number of benzene rings is 8. The van der Waals surface area contributed by atoms with Crippen LogP contribution >= 0.6 is 31.9 Å². The number of halogens is 10. The molecule has 7 aliphatic rings. The number of carbonyl (C=O) groups excluding carboxylic acids is 1. The van der Waals surface area contributed by atoms with Crippen LogP contribution in [0.15, 0.2) is 155 Å². The lowest BCUT2D eigenvalue weighted by atomic mass is 9.77. The Kier molecular flexibility index (Phi) is 21.3. The summed E-state index contributed by atoms with van der Waals surface area (Å²) in [5, 5.41) is 35.6. The largest absolute Gasteiger partial charge is 0.494 e. The Hall–Kier alpha value is -9.15. The normalized spacial score (nSPS) is 18.8. The van der Waals surface area contributed by atoms with Crippen LogP contribution in [0.2, 0.25) is 25.7 Å². The predicted molar refractivity (Wildman–Crippen MR) is 452 cm³/mol. The van der Waals surface area contributed by atoms with E-state index in [0.29, 0.717) is 93.3 Å². The van der Waals surface area contributed by atoms with Gasteiger partial charge in [0.2, 0.25) is 0 Å². The molecule has 2 N–H and O–H groups in total. The van der Waals surface area contributed by atoms with Gasteiger partial charge in [-0.05, 0) is 199 Å². The third-order valence-corrected chi connectivity index (χ3v) is 27.2. The number of aromatic nitrogens is 9. The van der Waals surface area contributed by atoms with E-state index < -0.39 is 92.7 Å². The Balaban J connectivity index is 0.000000129. The summed E-state index contributed by atoms with van der Waals surface area (Å²) in [6.45, 7) is 33.9. The molecule has 6 heterocycles. The lowest BCUT2D eigenvalue weighted by molar-refractivity contribution is 0.00578. The molecule has 3 aromatic heterocycles. The smallest absolute Gasteiger partial charge is 0.476 e. The van der Waals surface area contributed by atoms with Crippen LogP contribution in [0.4, 0.5) is 35.1 Å². The molecule has 622 valence electrons. The van der Waals surface area contributed by atoms with Gasteiger partial charge in [-0.25, -0.2) is 4.79 Å². The zero-order chi connectivity index (χ0) is 86.9. The molecular weight excluding hydrogens is 1700 g/mol. The van der Waals surface area contributed by atoms with Crippen molar-refractivity contribution >= 4 is 89.4 Å². The number of nitrogens with zero attached hydrogens (tertiary/aromatic N) is 8. The third kappa shape index (κ3) is 15.0. The predicted octanol–water partition coefficient (Wildman–Crippen LogP) is 19.0. The maximum atomic E-state index is 16.0. The van der Waals surface area contributed by atoms with Gasteiger partial charge in [0.25, 0.3) is 23.7 Å². The standard InChI is InChI=1S/C29H36BF2N3O4Si.C25H30B2F2O4.C20H14F2N6O2.C13H6Br2F2/c1-18(36)25-26(34-35(33-25)17-37-13-14-40(6,7)8)19-9-11-21-22-12-10-20(16-24(22)29(31,32)23(21)15-19)30-38-27(2,3)28(4,5)39-30;1-21(2)22(3,4)31-26(30-21)15-9-11-17-18-12-10-16(14-20(18)25(28,29)19(17)13-15)27-32-23(5,6)24(7,8)33-27;1-9-16(25-27-28(9)2)10-3-5-12-13-6-4-11(17-18(19(29)30)24-26-23-17)8-15(13)20(21,22)14(12)7-10;14-7-1-3-9-10-4-2-8(15)6-12(10)13(16,17)11(9)5-7/h9-12,15-16H,13-14,17H2,1-8H3;9-14H,1-8H3;3-8H,1-2H3,(H,29,30)(H,23,24,26);1-6H. The third-order valence-electron chi connectivity index (χ3n) is 24.5. The number of ether oxygens (including phenoxy) is 1. The highest BCUT2D eigenvalue weighted by molar-refractivity contribution is 9.10. The minimum Gasteiger partial charge on any atom is -0.476 e. The van der Waals surface area contributed by atoms with Gasteiger partial charge < -0.3 is 37.8 Å². The molecule has 0 amide bonds. The van der Waals surface area contributed by atoms with Crippen molar-refractivity contribution in [1.82, 2.24) is 45.4 Å². The van der Waals surface area contributed by atoms with E-state index in [1.807, 2.05) is 102 Å². The zero-order valence-electron chi connectivity index (χ0n) is 69.2. The van der Waals surface area contributed by atoms with Gasteiger partial charge in [-0.2, -0.15) is 55.3 Å². The second-order valence-corrected chi connectivity index (χ2v) is 42.7. The fourth-order valence-electron chi connectivity index (χ4n) is 15.3. The number of carboxylic acid groups (broad SMARTS) is 1. The first-order chi connectivity index (χ1) is 55.8. The molecule has 3 saturated heterocycles. The van der Waals surface area contributed by atoms with Crippen LogP contribution in [0, 0.1) is 6.92 Å². The van der Waals surface area contributed by atoms with Crippen molar-refractivity contribution in [3.05, 3.63) is 216 Å². The minimum absolute atomic E-state index is 0.00734. The molecule has 19 nitrogen and oxygen atoms in total. The SMILES string of the molecule is CC(=O)c1nn(COCC[Si](C)(C)C)nc1-c1ccc2c(c1)C(F)(F)c1cc(B3OC(C)(C)C(C)(C)O3)ccc1-2.CC1(C)OB(c2ccc3c(c2)C(F)(F)c2cc(B4OC(C)(C)C(C)(C)O4)ccc2-3)OC1(C)C.Cc1c(-c2ccc3c(c2)C(F)(F)c2cc(-c4n[nH]nc4C(=O)O)ccc2-3)nnn1C.FC1(F)c2cc(Br)ccc2-c2ccc(Br)cc21. The molecule has 33 heteroatoms. The fourth-order valence-corrected chi connectivity index (χ4v) is 16.8. The number of hydrogen-bond donors (Lipinski definition) is 2. The first kappa shape index (κ1) is 85.8. The van der Waals surface area contributed by atoms with E-state index in [0.717, 1.165) is 11.7 Å². The number of nitrogens with one attached hydrogen (secondary N) is 1. The number of ketones is 1. The highest BCUT2D eigenvalue weighted by Gasteiger charge is 2.57. The summed E-state index contributed by atoms with van der Waals surface area (Å²) in [6.07, 6.45) is 0. The van der Waals surface area contributed by atoms with E-state index in [1.165, 1.54) is 60.3 Å². The van der Waals surface area contributed by atoms with Gasteiger partial charge in [-0.1, -0.05) is 160 Å². The van der Waals surface area contributed by atoms with Gasteiger partial charge in [0.1, 0.15) is 17.1 Å². The summed E-state index contributed by atoms with van der Waals surface area (Å²) in [6, 6.07) is 40.1. The maximum Gasteiger partial charge on any atom is 0.494 e. The van der Waals surface area contributed by atoms with E-state index >= 15 is 26.3 Å².